The number of carbonyl (C=O) groups excluding carboxylic acids is 4. The average Bonchev–Trinajstić information content (AvgIpc) is 3.08. The Hall–Kier alpha value is -4.50. The average molecular weight is 662 g/mol. The molecule has 13 heteroatoms. The number of nitrogens with one attached hydrogen (secondary N) is 1. The first-order valence-corrected chi connectivity index (χ1v) is 15.4. The fraction of sp³-hybridized carbons (Fsp3) is 0.371. The van der Waals surface area contributed by atoms with Crippen LogP contribution in [0.2, 0.25) is 0 Å². The quantitative estimate of drug-likeness (QED) is 0.111. The Morgan fingerprint density at radius 3 is 2.40 bits per heavy atom. The second-order valence-electron chi connectivity index (χ2n) is 12.3. The Labute approximate surface area is 274 Å². The number of aliphatic hydroxyl groups is 3. The summed E-state index contributed by atoms with van der Waals surface area (Å²) in [6.45, 7) is 0.429. The van der Waals surface area contributed by atoms with Crippen molar-refractivity contribution in [3.8, 4) is 17.2 Å². The van der Waals surface area contributed by atoms with Crippen LogP contribution < -0.4 is 10.1 Å². The van der Waals surface area contributed by atoms with Crippen molar-refractivity contribution in [1.29, 1.82) is 0 Å². The molecule has 3 aromatic rings. The van der Waals surface area contributed by atoms with Gasteiger partial charge in [-0.2, -0.15) is 0 Å². The van der Waals surface area contributed by atoms with E-state index < -0.39 is 95.7 Å². The molecule has 3 aromatic carbocycles. The van der Waals surface area contributed by atoms with E-state index in [0.717, 1.165) is 0 Å². The summed E-state index contributed by atoms with van der Waals surface area (Å²) in [5.41, 5.74) is -3.36. The van der Waals surface area contributed by atoms with Gasteiger partial charge in [-0.15, -0.1) is 0 Å². The topological polar surface area (TPSA) is 209 Å². The molecule has 4 unspecified atom stereocenters. The molecule has 1 aliphatic heterocycles. The molecule has 6 rings (SSSR count). The summed E-state index contributed by atoms with van der Waals surface area (Å²) in [5.74, 6) is -4.13. The molecule has 252 valence electrons. The number of phenols is 2. The molecule has 1 saturated heterocycles. The molecular weight excluding hydrogens is 626 g/mol. The monoisotopic (exact) mass is 661 g/mol. The summed E-state index contributed by atoms with van der Waals surface area (Å²) in [6.07, 6.45) is -5.57. The third-order valence-electron chi connectivity index (χ3n) is 9.38. The first-order valence-electron chi connectivity index (χ1n) is 15.4. The summed E-state index contributed by atoms with van der Waals surface area (Å²) in [5, 5.41) is 58.3. The molecule has 1 heterocycles. The van der Waals surface area contributed by atoms with Crippen LogP contribution in [0.25, 0.3) is 0 Å². The van der Waals surface area contributed by atoms with E-state index in [9.17, 15) is 44.7 Å². The van der Waals surface area contributed by atoms with Gasteiger partial charge in [0.2, 0.25) is 5.78 Å². The second-order valence-corrected chi connectivity index (χ2v) is 12.3. The zero-order valence-electron chi connectivity index (χ0n) is 26.1. The van der Waals surface area contributed by atoms with Crippen LogP contribution >= 0.6 is 0 Å². The number of ether oxygens (including phenoxy) is 3. The van der Waals surface area contributed by atoms with Crippen molar-refractivity contribution in [3.63, 3.8) is 0 Å². The van der Waals surface area contributed by atoms with Gasteiger partial charge in [0, 0.05) is 47.6 Å². The minimum atomic E-state index is -2.30. The molecule has 1 fully saturated rings. The zero-order valence-corrected chi connectivity index (χ0v) is 26.1. The van der Waals surface area contributed by atoms with Crippen LogP contribution in [0.3, 0.4) is 0 Å². The van der Waals surface area contributed by atoms with Crippen molar-refractivity contribution >= 4 is 23.1 Å². The summed E-state index contributed by atoms with van der Waals surface area (Å²) in [6, 6.07) is 12.2. The molecule has 48 heavy (non-hydrogen) atoms. The van der Waals surface area contributed by atoms with Gasteiger partial charge >= 0.3 is 0 Å². The third-order valence-corrected chi connectivity index (χ3v) is 9.38. The van der Waals surface area contributed by atoms with Crippen LogP contribution in [0.15, 0.2) is 48.5 Å². The Balaban J connectivity index is 1.37. The molecule has 6 atom stereocenters. The molecular formula is C35H35NO12. The molecule has 13 nitrogen and oxygen atoms in total. The number of carbonyl (C=O) groups is 4. The number of methoxy groups -OCH3 is 1. The number of fused-ring (bicyclic) bond motifs is 3. The van der Waals surface area contributed by atoms with Crippen LogP contribution in [0.4, 0.5) is 0 Å². The van der Waals surface area contributed by atoms with Crippen LogP contribution in [-0.2, 0) is 20.7 Å². The van der Waals surface area contributed by atoms with E-state index >= 15 is 0 Å². The number of rotatable bonds is 9. The highest BCUT2D eigenvalue weighted by atomic mass is 16.7. The lowest BCUT2D eigenvalue weighted by molar-refractivity contribution is -0.249. The van der Waals surface area contributed by atoms with Gasteiger partial charge in [-0.25, -0.2) is 0 Å². The number of aliphatic hydroxyl groups excluding tert-OH is 2. The van der Waals surface area contributed by atoms with Crippen LogP contribution in [0.1, 0.15) is 79.2 Å². The van der Waals surface area contributed by atoms with Gasteiger partial charge < -0.3 is 45.1 Å². The van der Waals surface area contributed by atoms with Crippen molar-refractivity contribution in [1.82, 2.24) is 5.32 Å². The Kier molecular flexibility index (Phi) is 8.94. The minimum Gasteiger partial charge on any atom is -0.507 e. The minimum absolute atomic E-state index is 0.0224. The second kappa shape index (κ2) is 12.8. The molecule has 0 amide bonds. The van der Waals surface area contributed by atoms with Gasteiger partial charge in [0.15, 0.2) is 23.6 Å². The molecule has 0 spiro atoms. The van der Waals surface area contributed by atoms with Gasteiger partial charge in [0.05, 0.1) is 48.7 Å². The number of phenolic OH excluding ortho intramolecular Hbond substituents is 2. The lowest BCUT2D eigenvalue weighted by atomic mass is 9.72. The highest BCUT2D eigenvalue weighted by molar-refractivity contribution is 6.31. The Morgan fingerprint density at radius 1 is 1.00 bits per heavy atom. The number of Topliss-reactive ketones (excluding diaryl/α,β-unsaturated/α-hetero) is 2. The number of ketones is 4. The maximum Gasteiger partial charge on any atom is 0.202 e. The van der Waals surface area contributed by atoms with Gasteiger partial charge in [-0.05, 0) is 13.0 Å². The molecule has 6 N–H and O–H groups in total. The number of hydrogen-bond acceptors (Lipinski definition) is 13. The zero-order chi connectivity index (χ0) is 34.5. The number of benzene rings is 3. The SMILES string of the molecule is COc1cccc2c1C(=O)c1c(O)c3c(c(O)c1C2=O)C[C@@](O)(C(=O)CO)C[C@@H]3OC1CC(NCC(=O)c2ccccc2)C(O)C(C)O1. The van der Waals surface area contributed by atoms with E-state index in [-0.39, 0.29) is 46.8 Å². The summed E-state index contributed by atoms with van der Waals surface area (Å²) < 4.78 is 17.4. The van der Waals surface area contributed by atoms with Crippen LogP contribution in [-0.4, -0.2) is 99.1 Å². The van der Waals surface area contributed by atoms with Crippen molar-refractivity contribution in [2.24, 2.45) is 0 Å². The number of hydrogen-bond donors (Lipinski definition) is 6. The van der Waals surface area contributed by atoms with E-state index in [1.54, 1.807) is 37.3 Å². The predicted octanol–water partition coefficient (Wildman–Crippen LogP) is 1.52. The van der Waals surface area contributed by atoms with E-state index in [1.807, 2.05) is 0 Å². The van der Waals surface area contributed by atoms with E-state index in [2.05, 4.69) is 5.32 Å². The standard InChI is InChI=1S/C35H35NO12/c1-16-30(40)20(36-14-21(38)17-7-4-3-5-8-17)11-25(47-16)48-23-13-35(45,24(39)15-37)12-19-27(23)34(44)29-28(32(19)42)31(41)18-9-6-10-22(46-2)26(18)33(29)43/h3-10,16,20,23,25,30,36-37,40,42,44-45H,11-15H2,1-2H3/t16?,20?,23-,25?,30?,35-/m0/s1. The fourth-order valence-electron chi connectivity index (χ4n) is 6.87. The van der Waals surface area contributed by atoms with Crippen LogP contribution in [0, 0.1) is 0 Å². The lowest BCUT2D eigenvalue weighted by Gasteiger charge is -2.43. The molecule has 2 aliphatic carbocycles. The highest BCUT2D eigenvalue weighted by Gasteiger charge is 2.50. The van der Waals surface area contributed by atoms with E-state index in [1.165, 1.54) is 25.3 Å². The molecule has 0 radical (unpaired) electrons. The first kappa shape index (κ1) is 33.4. The third kappa shape index (κ3) is 5.57. The first-order chi connectivity index (χ1) is 22.9. The van der Waals surface area contributed by atoms with Gasteiger partial charge in [0.25, 0.3) is 0 Å². The maximum absolute atomic E-state index is 13.9. The highest BCUT2D eigenvalue weighted by Crippen LogP contribution is 2.52. The van der Waals surface area contributed by atoms with E-state index in [4.69, 9.17) is 14.2 Å². The Bertz CT molecular complexity index is 1810. The van der Waals surface area contributed by atoms with Crippen molar-refractivity contribution in [2.75, 3.05) is 20.3 Å². The smallest absolute Gasteiger partial charge is 0.202 e. The predicted molar refractivity (Wildman–Crippen MR) is 166 cm³/mol. The van der Waals surface area contributed by atoms with Gasteiger partial charge in [-0.3, -0.25) is 19.2 Å². The molecule has 0 saturated carbocycles. The van der Waals surface area contributed by atoms with Crippen molar-refractivity contribution in [3.05, 3.63) is 87.5 Å². The number of aromatic hydroxyl groups is 2. The summed E-state index contributed by atoms with van der Waals surface area (Å²) in [7, 11) is 1.32. The molecule has 0 bridgehead atoms. The van der Waals surface area contributed by atoms with Crippen molar-refractivity contribution < 1.29 is 58.9 Å². The van der Waals surface area contributed by atoms with Crippen molar-refractivity contribution in [2.45, 2.75) is 62.4 Å². The molecule has 3 aliphatic rings. The van der Waals surface area contributed by atoms with Gasteiger partial charge in [0.1, 0.15) is 29.5 Å². The maximum atomic E-state index is 13.9. The lowest BCUT2D eigenvalue weighted by Crippen LogP contribution is -2.55. The molecule has 0 aromatic heterocycles. The summed E-state index contributed by atoms with van der Waals surface area (Å²) in [4.78, 5) is 53.1. The normalized spacial score (nSPS) is 26.3. The summed E-state index contributed by atoms with van der Waals surface area (Å²) >= 11 is 0. The van der Waals surface area contributed by atoms with Crippen LogP contribution in [0.5, 0.6) is 17.2 Å². The Morgan fingerprint density at radius 2 is 1.71 bits per heavy atom. The largest absolute Gasteiger partial charge is 0.507 e. The fourth-order valence-corrected chi connectivity index (χ4v) is 6.87. The van der Waals surface area contributed by atoms with E-state index in [0.29, 0.717) is 5.56 Å². The van der Waals surface area contributed by atoms with Gasteiger partial charge in [-0.1, -0.05) is 42.5 Å².